The van der Waals surface area contributed by atoms with Crippen molar-refractivity contribution in [1.82, 2.24) is 9.55 Å². The highest BCUT2D eigenvalue weighted by molar-refractivity contribution is 5.45. The van der Waals surface area contributed by atoms with E-state index < -0.39 is 0 Å². The van der Waals surface area contributed by atoms with Crippen LogP contribution >= 0.6 is 0 Å². The minimum Gasteiger partial charge on any atom is -0.392 e. The molecule has 0 aliphatic heterocycles. The lowest BCUT2D eigenvalue weighted by Crippen LogP contribution is -2.07. The fourth-order valence-corrected chi connectivity index (χ4v) is 1.76. The van der Waals surface area contributed by atoms with Gasteiger partial charge in [0.1, 0.15) is 5.82 Å². The van der Waals surface area contributed by atoms with Crippen LogP contribution in [0.2, 0.25) is 0 Å². The molecule has 0 saturated carbocycles. The van der Waals surface area contributed by atoms with Gasteiger partial charge in [0.05, 0.1) is 13.2 Å². The van der Waals surface area contributed by atoms with Gasteiger partial charge < -0.3 is 15.0 Å². The van der Waals surface area contributed by atoms with Crippen molar-refractivity contribution in [1.29, 1.82) is 0 Å². The zero-order valence-corrected chi connectivity index (χ0v) is 9.93. The Bertz CT molecular complexity index is 479. The number of benzene rings is 1. The van der Waals surface area contributed by atoms with Gasteiger partial charge in [0.2, 0.25) is 0 Å². The first-order chi connectivity index (χ1) is 8.33. The highest BCUT2D eigenvalue weighted by Gasteiger charge is 2.01. The SMILES string of the molecule is CCn1ccnc1CNc1cccc(CO)c1. The number of aliphatic hydroxyl groups is 1. The smallest absolute Gasteiger partial charge is 0.128 e. The van der Waals surface area contributed by atoms with Crippen molar-refractivity contribution in [3.8, 4) is 0 Å². The molecule has 1 aromatic heterocycles. The topological polar surface area (TPSA) is 50.1 Å². The summed E-state index contributed by atoms with van der Waals surface area (Å²) in [5.41, 5.74) is 1.91. The van der Waals surface area contributed by atoms with Crippen LogP contribution in [0.5, 0.6) is 0 Å². The lowest BCUT2D eigenvalue weighted by Gasteiger charge is -2.08. The maximum atomic E-state index is 9.05. The number of anilines is 1. The lowest BCUT2D eigenvalue weighted by molar-refractivity contribution is 0.282. The third kappa shape index (κ3) is 2.85. The maximum Gasteiger partial charge on any atom is 0.128 e. The second kappa shape index (κ2) is 5.50. The molecule has 0 aliphatic rings. The second-order valence-corrected chi connectivity index (χ2v) is 3.84. The summed E-state index contributed by atoms with van der Waals surface area (Å²) in [6.07, 6.45) is 3.78. The summed E-state index contributed by atoms with van der Waals surface area (Å²) in [6.45, 7) is 3.78. The first-order valence-electron chi connectivity index (χ1n) is 5.77. The van der Waals surface area contributed by atoms with Gasteiger partial charge >= 0.3 is 0 Å². The molecule has 2 N–H and O–H groups in total. The molecule has 1 aromatic carbocycles. The normalized spacial score (nSPS) is 10.5. The third-order valence-corrected chi connectivity index (χ3v) is 2.70. The molecule has 0 spiro atoms. The second-order valence-electron chi connectivity index (χ2n) is 3.84. The summed E-state index contributed by atoms with van der Waals surface area (Å²) >= 11 is 0. The van der Waals surface area contributed by atoms with Crippen molar-refractivity contribution in [2.45, 2.75) is 26.6 Å². The summed E-state index contributed by atoms with van der Waals surface area (Å²) < 4.78 is 2.10. The number of imidazole rings is 1. The minimum atomic E-state index is 0.0686. The molecule has 4 nitrogen and oxygen atoms in total. The Balaban J connectivity index is 2.02. The molecule has 0 atom stereocenters. The van der Waals surface area contributed by atoms with Gasteiger partial charge in [-0.25, -0.2) is 4.98 Å². The molecule has 4 heteroatoms. The van der Waals surface area contributed by atoms with Crippen LogP contribution in [0, 0.1) is 0 Å². The first kappa shape index (κ1) is 11.7. The summed E-state index contributed by atoms with van der Waals surface area (Å²) in [4.78, 5) is 4.30. The quantitative estimate of drug-likeness (QED) is 0.827. The van der Waals surface area contributed by atoms with Crippen molar-refractivity contribution in [2.24, 2.45) is 0 Å². The van der Waals surface area contributed by atoms with Crippen molar-refractivity contribution < 1.29 is 5.11 Å². The molecule has 0 saturated heterocycles. The van der Waals surface area contributed by atoms with Crippen LogP contribution in [0.25, 0.3) is 0 Å². The number of aryl methyl sites for hydroxylation is 1. The number of nitrogens with zero attached hydrogens (tertiary/aromatic N) is 2. The molecule has 0 fully saturated rings. The standard InChI is InChI=1S/C13H17N3O/c1-2-16-7-6-14-13(16)9-15-12-5-3-4-11(8-12)10-17/h3-8,15,17H,2,9-10H2,1H3. The van der Waals surface area contributed by atoms with E-state index in [2.05, 4.69) is 21.8 Å². The van der Waals surface area contributed by atoms with Crippen LogP contribution in [0.4, 0.5) is 5.69 Å². The number of nitrogens with one attached hydrogen (secondary N) is 1. The number of rotatable bonds is 5. The summed E-state index contributed by atoms with van der Waals surface area (Å²) in [5, 5.41) is 12.4. The van der Waals surface area contributed by atoms with Crippen LogP contribution < -0.4 is 5.32 Å². The van der Waals surface area contributed by atoms with E-state index >= 15 is 0 Å². The molecule has 17 heavy (non-hydrogen) atoms. The average Bonchev–Trinajstić information content (AvgIpc) is 2.84. The van der Waals surface area contributed by atoms with Crippen molar-refractivity contribution >= 4 is 5.69 Å². The molecule has 2 rings (SSSR count). The van der Waals surface area contributed by atoms with Crippen molar-refractivity contribution in [3.63, 3.8) is 0 Å². The van der Waals surface area contributed by atoms with E-state index in [0.29, 0.717) is 6.54 Å². The van der Waals surface area contributed by atoms with Gasteiger partial charge in [-0.3, -0.25) is 0 Å². The van der Waals surface area contributed by atoms with Gasteiger partial charge in [0, 0.05) is 24.6 Å². The fraction of sp³-hybridized carbons (Fsp3) is 0.308. The lowest BCUT2D eigenvalue weighted by atomic mass is 10.2. The molecule has 90 valence electrons. The van der Waals surface area contributed by atoms with E-state index in [4.69, 9.17) is 5.11 Å². The molecule has 0 unspecified atom stereocenters. The van der Waals surface area contributed by atoms with E-state index in [1.165, 1.54) is 0 Å². The first-order valence-corrected chi connectivity index (χ1v) is 5.77. The van der Waals surface area contributed by atoms with E-state index in [-0.39, 0.29) is 6.61 Å². The summed E-state index contributed by atoms with van der Waals surface area (Å²) in [7, 11) is 0. The van der Waals surface area contributed by atoms with E-state index in [9.17, 15) is 0 Å². The average molecular weight is 231 g/mol. The predicted molar refractivity (Wildman–Crippen MR) is 67.6 cm³/mol. The molecule has 0 amide bonds. The summed E-state index contributed by atoms with van der Waals surface area (Å²) in [6, 6.07) is 7.76. The molecule has 1 heterocycles. The molecule has 0 aliphatic carbocycles. The van der Waals surface area contributed by atoms with Crippen molar-refractivity contribution in [3.05, 3.63) is 48.0 Å². The number of aliphatic hydroxyl groups excluding tert-OH is 1. The van der Waals surface area contributed by atoms with Gasteiger partial charge in [-0.15, -0.1) is 0 Å². The Labute approximate surface area is 101 Å². The molecular weight excluding hydrogens is 214 g/mol. The zero-order valence-electron chi connectivity index (χ0n) is 9.93. The Morgan fingerprint density at radius 2 is 2.29 bits per heavy atom. The Kier molecular flexibility index (Phi) is 3.77. The highest BCUT2D eigenvalue weighted by atomic mass is 16.3. The maximum absolute atomic E-state index is 9.05. The van der Waals surface area contributed by atoms with Crippen LogP contribution in [-0.2, 0) is 19.7 Å². The van der Waals surface area contributed by atoms with Gasteiger partial charge in [0.15, 0.2) is 0 Å². The largest absolute Gasteiger partial charge is 0.392 e. The number of hydrogen-bond acceptors (Lipinski definition) is 3. The van der Waals surface area contributed by atoms with E-state index in [1.807, 2.05) is 36.7 Å². The number of aromatic nitrogens is 2. The van der Waals surface area contributed by atoms with Gasteiger partial charge in [0.25, 0.3) is 0 Å². The Morgan fingerprint density at radius 1 is 1.41 bits per heavy atom. The zero-order chi connectivity index (χ0) is 12.1. The van der Waals surface area contributed by atoms with E-state index in [0.717, 1.165) is 23.6 Å². The van der Waals surface area contributed by atoms with Gasteiger partial charge in [-0.1, -0.05) is 12.1 Å². The van der Waals surface area contributed by atoms with Crippen LogP contribution in [-0.4, -0.2) is 14.7 Å². The van der Waals surface area contributed by atoms with Crippen LogP contribution in [0.1, 0.15) is 18.3 Å². The Morgan fingerprint density at radius 3 is 3.06 bits per heavy atom. The van der Waals surface area contributed by atoms with Gasteiger partial charge in [-0.05, 0) is 24.6 Å². The molecule has 2 aromatic rings. The van der Waals surface area contributed by atoms with Crippen LogP contribution in [0.15, 0.2) is 36.7 Å². The van der Waals surface area contributed by atoms with Gasteiger partial charge in [-0.2, -0.15) is 0 Å². The predicted octanol–water partition coefficient (Wildman–Crippen LogP) is 2.01. The highest BCUT2D eigenvalue weighted by Crippen LogP contribution is 2.11. The van der Waals surface area contributed by atoms with E-state index in [1.54, 1.807) is 0 Å². The number of hydrogen-bond donors (Lipinski definition) is 2. The third-order valence-electron chi connectivity index (χ3n) is 2.70. The molecule has 0 bridgehead atoms. The monoisotopic (exact) mass is 231 g/mol. The molecular formula is C13H17N3O. The summed E-state index contributed by atoms with van der Waals surface area (Å²) in [5.74, 6) is 1.02. The Hall–Kier alpha value is -1.81. The fourth-order valence-electron chi connectivity index (χ4n) is 1.76. The van der Waals surface area contributed by atoms with Crippen LogP contribution in [0.3, 0.4) is 0 Å². The van der Waals surface area contributed by atoms with Crippen molar-refractivity contribution in [2.75, 3.05) is 5.32 Å². The minimum absolute atomic E-state index is 0.0686. The molecule has 0 radical (unpaired) electrons.